The van der Waals surface area contributed by atoms with Crippen LogP contribution in [0.1, 0.15) is 48.5 Å². The summed E-state index contributed by atoms with van der Waals surface area (Å²) in [5.74, 6) is -3.25. The number of allylic oxidation sites excluding steroid dienone is 5. The van der Waals surface area contributed by atoms with E-state index < -0.39 is 23.3 Å². The number of phenols is 2. The molecule has 1 aliphatic rings. The first-order valence-electron chi connectivity index (χ1n) is 12.0. The number of aryl methyl sites for hydroxylation is 3. The summed E-state index contributed by atoms with van der Waals surface area (Å²) in [6.45, 7) is 5.19. The zero-order valence-corrected chi connectivity index (χ0v) is 23.0. The normalized spacial score (nSPS) is 12.1. The van der Waals surface area contributed by atoms with Gasteiger partial charge in [0, 0.05) is 0 Å². The van der Waals surface area contributed by atoms with Crippen molar-refractivity contribution in [2.24, 2.45) is 4.99 Å². The van der Waals surface area contributed by atoms with Crippen molar-refractivity contribution in [1.29, 1.82) is 0 Å². The Morgan fingerprint density at radius 3 is 1.51 bits per heavy atom. The molecule has 0 radical (unpaired) electrons. The predicted molar refractivity (Wildman–Crippen MR) is 156 cm³/mol. The fourth-order valence-electron chi connectivity index (χ4n) is 4.14. The van der Waals surface area contributed by atoms with Crippen LogP contribution in [0.4, 0.5) is 5.69 Å². The summed E-state index contributed by atoms with van der Waals surface area (Å²) < 4.78 is 22.8. The highest BCUT2D eigenvalue weighted by molar-refractivity contribution is 7.73. The molecule has 0 aromatic heterocycles. The van der Waals surface area contributed by atoms with Crippen molar-refractivity contribution in [2.45, 2.75) is 20.8 Å². The topological polar surface area (TPSA) is 185 Å². The summed E-state index contributed by atoms with van der Waals surface area (Å²) in [7, 11) is 0. The van der Waals surface area contributed by atoms with Gasteiger partial charge in [-0.2, -0.15) is 4.21 Å². The van der Waals surface area contributed by atoms with E-state index in [-0.39, 0.29) is 22.6 Å². The Morgan fingerprint density at radius 2 is 1.12 bits per heavy atom. The number of carbonyl (C=O) groups is 2. The molecule has 212 valence electrons. The predicted octanol–water partition coefficient (Wildman–Crippen LogP) is 5.80. The van der Waals surface area contributed by atoms with Crippen molar-refractivity contribution in [3.05, 3.63) is 117 Å². The van der Waals surface area contributed by atoms with Crippen LogP contribution in [0.2, 0.25) is 0 Å². The summed E-state index contributed by atoms with van der Waals surface area (Å²) in [5.41, 5.74) is 4.94. The number of benzene rings is 3. The first-order valence-corrected chi connectivity index (χ1v) is 13.0. The molecule has 41 heavy (non-hydrogen) atoms. The molecule has 3 aromatic rings. The third-order valence-corrected chi connectivity index (χ3v) is 6.09. The number of aliphatic imine (C=N–C) groups is 1. The van der Waals surface area contributed by atoms with E-state index in [0.29, 0.717) is 39.1 Å². The van der Waals surface area contributed by atoms with Gasteiger partial charge in [-0.05, 0) is 103 Å². The van der Waals surface area contributed by atoms with Gasteiger partial charge in [-0.3, -0.25) is 9.11 Å². The maximum Gasteiger partial charge on any atom is 0.339 e. The smallest absolute Gasteiger partial charge is 0.339 e. The SMILES string of the molecule is Cc1ccc(N=C2C=CC(=C(c3cc(C)c(O)c(C(=O)O)c3)c3cc(C)c(O)c(C(=O)O)c3)C=C2)cc1.O=S(O)O. The third-order valence-electron chi connectivity index (χ3n) is 6.09. The molecule has 4 rings (SSSR count). The Balaban J connectivity index is 0.00000108. The van der Waals surface area contributed by atoms with Crippen molar-refractivity contribution in [3.8, 4) is 11.5 Å². The van der Waals surface area contributed by atoms with Crippen LogP contribution in [-0.4, -0.2) is 51.4 Å². The molecule has 0 heterocycles. The molecule has 6 N–H and O–H groups in total. The van der Waals surface area contributed by atoms with Gasteiger partial charge < -0.3 is 20.4 Å². The van der Waals surface area contributed by atoms with Gasteiger partial charge in [0.15, 0.2) is 0 Å². The fourth-order valence-corrected chi connectivity index (χ4v) is 4.14. The van der Waals surface area contributed by atoms with Gasteiger partial charge in [0.25, 0.3) is 11.4 Å². The van der Waals surface area contributed by atoms with Crippen LogP contribution < -0.4 is 0 Å². The molecule has 0 atom stereocenters. The van der Waals surface area contributed by atoms with Crippen LogP contribution in [0.15, 0.2) is 83.4 Å². The first-order chi connectivity index (χ1) is 19.3. The zero-order chi connectivity index (χ0) is 30.4. The molecule has 3 aromatic carbocycles. The van der Waals surface area contributed by atoms with E-state index in [1.165, 1.54) is 12.1 Å². The number of rotatable bonds is 5. The minimum absolute atomic E-state index is 0.271. The van der Waals surface area contributed by atoms with E-state index in [0.717, 1.165) is 11.3 Å². The summed E-state index contributed by atoms with van der Waals surface area (Å²) in [6.07, 6.45) is 7.25. The molecule has 10 nitrogen and oxygen atoms in total. The van der Waals surface area contributed by atoms with Crippen LogP contribution in [0.25, 0.3) is 5.57 Å². The first kappa shape index (κ1) is 30.7. The molecule has 0 aliphatic heterocycles. The van der Waals surface area contributed by atoms with Crippen molar-refractivity contribution in [2.75, 3.05) is 0 Å². The van der Waals surface area contributed by atoms with E-state index in [9.17, 15) is 30.0 Å². The van der Waals surface area contributed by atoms with Gasteiger partial charge in [-0.15, -0.1) is 0 Å². The minimum Gasteiger partial charge on any atom is -0.507 e. The molecule has 11 heteroatoms. The standard InChI is InChI=1S/C30H25NO6.H2O3S/c1-16-4-8-22(9-5-16)31-23-10-6-19(7-11-23)26(20-12-17(2)27(32)24(14-20)29(34)35)21-13-18(3)28(33)25(15-21)30(36)37;1-4(2)3/h4-15,32-33H,1-3H3,(H,34,35)(H,36,37);(H2,1,2,3). The maximum atomic E-state index is 11.8. The van der Waals surface area contributed by atoms with Gasteiger partial charge in [0.2, 0.25) is 0 Å². The van der Waals surface area contributed by atoms with E-state index >= 15 is 0 Å². The summed E-state index contributed by atoms with van der Waals surface area (Å²) in [5, 5.41) is 39.9. The molecule has 0 amide bonds. The molecule has 0 fully saturated rings. The second-order valence-electron chi connectivity index (χ2n) is 9.09. The second-order valence-corrected chi connectivity index (χ2v) is 9.55. The Labute approximate surface area is 238 Å². The maximum absolute atomic E-state index is 11.8. The number of aromatic carboxylic acids is 2. The monoisotopic (exact) mass is 577 g/mol. The Morgan fingerprint density at radius 1 is 0.707 bits per heavy atom. The van der Waals surface area contributed by atoms with E-state index in [4.69, 9.17) is 13.3 Å². The molecule has 0 spiro atoms. The average molecular weight is 578 g/mol. The van der Waals surface area contributed by atoms with Gasteiger partial charge >= 0.3 is 11.9 Å². The Hall–Kier alpha value is -4.84. The highest BCUT2D eigenvalue weighted by atomic mass is 32.2. The van der Waals surface area contributed by atoms with Crippen molar-refractivity contribution < 1.29 is 43.3 Å². The van der Waals surface area contributed by atoms with Crippen LogP contribution in [0.3, 0.4) is 0 Å². The number of aromatic hydroxyl groups is 2. The molecular formula is C30H27NO9S. The summed E-state index contributed by atoms with van der Waals surface area (Å²) >= 11 is -2.61. The molecule has 0 saturated carbocycles. The number of carboxylic acids is 2. The molecule has 0 saturated heterocycles. The number of hydrogen-bond donors (Lipinski definition) is 6. The van der Waals surface area contributed by atoms with Gasteiger partial charge in [-0.25, -0.2) is 14.6 Å². The lowest BCUT2D eigenvalue weighted by Gasteiger charge is -2.18. The molecule has 0 bridgehead atoms. The Bertz CT molecular complexity index is 1570. The van der Waals surface area contributed by atoms with Crippen LogP contribution >= 0.6 is 0 Å². The molecule has 0 unspecified atom stereocenters. The quantitative estimate of drug-likeness (QED) is 0.204. The van der Waals surface area contributed by atoms with Gasteiger partial charge in [0.05, 0.1) is 11.4 Å². The summed E-state index contributed by atoms with van der Waals surface area (Å²) in [6, 6.07) is 13.8. The van der Waals surface area contributed by atoms with Crippen LogP contribution in [0, 0.1) is 20.8 Å². The van der Waals surface area contributed by atoms with Crippen molar-refractivity contribution in [3.63, 3.8) is 0 Å². The minimum atomic E-state index is -2.61. The number of carboxylic acid groups (broad SMARTS) is 2. The lowest BCUT2D eigenvalue weighted by atomic mass is 9.87. The van der Waals surface area contributed by atoms with Gasteiger partial charge in [0.1, 0.15) is 22.6 Å². The third kappa shape index (κ3) is 7.63. The largest absolute Gasteiger partial charge is 0.507 e. The van der Waals surface area contributed by atoms with Crippen molar-refractivity contribution >= 4 is 40.3 Å². The average Bonchev–Trinajstić information content (AvgIpc) is 2.89. The fraction of sp³-hybridized carbons (Fsp3) is 0.100. The second kappa shape index (κ2) is 13.0. The van der Waals surface area contributed by atoms with E-state index in [1.54, 1.807) is 26.0 Å². The number of nitrogens with zero attached hydrogens (tertiary/aromatic N) is 1. The zero-order valence-electron chi connectivity index (χ0n) is 22.2. The molecular weight excluding hydrogens is 550 g/mol. The van der Waals surface area contributed by atoms with E-state index in [1.807, 2.05) is 55.5 Å². The van der Waals surface area contributed by atoms with E-state index in [2.05, 4.69) is 4.99 Å². The lowest BCUT2D eigenvalue weighted by molar-refractivity contribution is 0.0682. The van der Waals surface area contributed by atoms with Crippen LogP contribution in [-0.2, 0) is 11.4 Å². The number of hydrogen-bond acceptors (Lipinski definition) is 6. The van der Waals surface area contributed by atoms with Crippen LogP contribution in [0.5, 0.6) is 11.5 Å². The highest BCUT2D eigenvalue weighted by Crippen LogP contribution is 2.37. The Kier molecular flexibility index (Phi) is 9.74. The van der Waals surface area contributed by atoms with Crippen molar-refractivity contribution in [1.82, 2.24) is 0 Å². The highest BCUT2D eigenvalue weighted by Gasteiger charge is 2.21. The lowest BCUT2D eigenvalue weighted by Crippen LogP contribution is -2.05. The van der Waals surface area contributed by atoms with Gasteiger partial charge in [-0.1, -0.05) is 29.8 Å². The molecule has 1 aliphatic carbocycles. The summed E-state index contributed by atoms with van der Waals surface area (Å²) in [4.78, 5) is 28.2.